The molecule has 0 atom stereocenters. The van der Waals surface area contributed by atoms with Crippen LogP contribution in [0.25, 0.3) is 6.08 Å². The van der Waals surface area contributed by atoms with Crippen molar-refractivity contribution >= 4 is 18.9 Å². The smallest absolute Gasteiger partial charge is 0.492 e. The Kier molecular flexibility index (Phi) is 4.06. The molecule has 5 nitrogen and oxygen atoms in total. The van der Waals surface area contributed by atoms with Crippen LogP contribution in [0.4, 0.5) is 5.69 Å². The molecule has 4 N–H and O–H groups in total. The molecule has 0 aliphatic carbocycles. The monoisotopic (exact) mass is 291 g/mol. The SMILES string of the molecule is CC1(C)OB(C(=Cc2ccc(N)c(O)c2)CO)OC1(C)C. The maximum atomic E-state index is 9.64. The first-order valence-corrected chi connectivity index (χ1v) is 6.92. The van der Waals surface area contributed by atoms with Gasteiger partial charge in [0.05, 0.1) is 23.5 Å². The molecule has 6 heteroatoms. The van der Waals surface area contributed by atoms with Crippen LogP contribution in [0.15, 0.2) is 23.7 Å². The Morgan fingerprint density at radius 3 is 2.29 bits per heavy atom. The average Bonchev–Trinajstić information content (AvgIpc) is 2.59. The number of nitrogens with two attached hydrogens (primary N) is 1. The van der Waals surface area contributed by atoms with Crippen molar-refractivity contribution in [2.45, 2.75) is 38.9 Å². The van der Waals surface area contributed by atoms with Crippen LogP contribution in [0, 0.1) is 0 Å². The Morgan fingerprint density at radius 1 is 1.24 bits per heavy atom. The van der Waals surface area contributed by atoms with Crippen molar-refractivity contribution in [3.05, 3.63) is 29.2 Å². The Morgan fingerprint density at radius 2 is 1.81 bits per heavy atom. The zero-order valence-electron chi connectivity index (χ0n) is 12.9. The molecule has 1 aliphatic rings. The fraction of sp³-hybridized carbons (Fsp3) is 0.467. The second kappa shape index (κ2) is 5.37. The van der Waals surface area contributed by atoms with Gasteiger partial charge in [-0.15, -0.1) is 0 Å². The first-order chi connectivity index (χ1) is 9.66. The van der Waals surface area contributed by atoms with E-state index in [1.54, 1.807) is 18.2 Å². The van der Waals surface area contributed by atoms with E-state index in [1.165, 1.54) is 6.07 Å². The minimum atomic E-state index is -0.611. The van der Waals surface area contributed by atoms with E-state index in [4.69, 9.17) is 15.0 Å². The van der Waals surface area contributed by atoms with E-state index < -0.39 is 18.3 Å². The van der Waals surface area contributed by atoms with Crippen molar-refractivity contribution in [3.63, 3.8) is 0 Å². The molecule has 0 amide bonds. The fourth-order valence-corrected chi connectivity index (χ4v) is 2.05. The molecule has 114 valence electrons. The van der Waals surface area contributed by atoms with Gasteiger partial charge < -0.3 is 25.3 Å². The number of hydrogen-bond acceptors (Lipinski definition) is 5. The second-order valence-corrected chi connectivity index (χ2v) is 6.28. The second-order valence-electron chi connectivity index (χ2n) is 6.28. The van der Waals surface area contributed by atoms with Crippen LogP contribution in [0.3, 0.4) is 0 Å². The summed E-state index contributed by atoms with van der Waals surface area (Å²) in [6.45, 7) is 7.63. The van der Waals surface area contributed by atoms with Gasteiger partial charge in [-0.2, -0.15) is 0 Å². The lowest BCUT2D eigenvalue weighted by atomic mass is 9.77. The summed E-state index contributed by atoms with van der Waals surface area (Å²) < 4.78 is 11.8. The molecule has 2 rings (SSSR count). The molecule has 1 saturated heterocycles. The average molecular weight is 291 g/mol. The summed E-state index contributed by atoms with van der Waals surface area (Å²) in [6, 6.07) is 4.91. The number of phenols is 1. The van der Waals surface area contributed by atoms with Gasteiger partial charge in [0, 0.05) is 0 Å². The van der Waals surface area contributed by atoms with Crippen molar-refractivity contribution in [2.24, 2.45) is 0 Å². The molecule has 1 aromatic rings. The molecule has 0 spiro atoms. The highest BCUT2D eigenvalue weighted by atomic mass is 16.7. The lowest BCUT2D eigenvalue weighted by Gasteiger charge is -2.32. The highest BCUT2D eigenvalue weighted by molar-refractivity contribution is 6.55. The molecular weight excluding hydrogens is 269 g/mol. The molecule has 0 radical (unpaired) electrons. The third kappa shape index (κ3) is 3.07. The third-order valence-corrected chi connectivity index (χ3v) is 4.15. The van der Waals surface area contributed by atoms with Crippen molar-refractivity contribution in [1.82, 2.24) is 0 Å². The Balaban J connectivity index is 2.28. The number of benzene rings is 1. The lowest BCUT2D eigenvalue weighted by molar-refractivity contribution is 0.00578. The van der Waals surface area contributed by atoms with Crippen molar-refractivity contribution in [1.29, 1.82) is 0 Å². The molecule has 0 aromatic heterocycles. The Hall–Kier alpha value is -1.50. The number of rotatable bonds is 3. The minimum absolute atomic E-state index is 0.00922. The van der Waals surface area contributed by atoms with Crippen LogP contribution in [0.1, 0.15) is 33.3 Å². The van der Waals surface area contributed by atoms with Crippen LogP contribution in [0.2, 0.25) is 0 Å². The van der Waals surface area contributed by atoms with Gasteiger partial charge in [-0.3, -0.25) is 0 Å². The van der Waals surface area contributed by atoms with E-state index in [0.29, 0.717) is 11.2 Å². The summed E-state index contributed by atoms with van der Waals surface area (Å²) in [4.78, 5) is 0. The van der Waals surface area contributed by atoms with Gasteiger partial charge in [-0.25, -0.2) is 0 Å². The van der Waals surface area contributed by atoms with Crippen molar-refractivity contribution < 1.29 is 19.5 Å². The van der Waals surface area contributed by atoms with Crippen molar-refractivity contribution in [3.8, 4) is 5.75 Å². The third-order valence-electron chi connectivity index (χ3n) is 4.15. The molecule has 1 fully saturated rings. The normalized spacial score (nSPS) is 20.8. The van der Waals surface area contributed by atoms with Gasteiger partial charge in [0.1, 0.15) is 5.75 Å². The molecule has 0 saturated carbocycles. The van der Waals surface area contributed by atoms with Crippen LogP contribution in [-0.2, 0) is 9.31 Å². The summed E-state index contributed by atoms with van der Waals surface area (Å²) in [7, 11) is -0.611. The topological polar surface area (TPSA) is 84.9 Å². The van der Waals surface area contributed by atoms with Gasteiger partial charge in [0.15, 0.2) is 0 Å². The summed E-state index contributed by atoms with van der Waals surface area (Å²) in [5.41, 5.74) is 6.28. The molecule has 1 aliphatic heterocycles. The summed E-state index contributed by atoms with van der Waals surface area (Å²) in [5.74, 6) is 0.00922. The summed E-state index contributed by atoms with van der Waals surface area (Å²) in [6.07, 6.45) is 1.74. The maximum Gasteiger partial charge on any atom is 0.492 e. The van der Waals surface area contributed by atoms with E-state index in [9.17, 15) is 10.2 Å². The van der Waals surface area contributed by atoms with Crippen LogP contribution < -0.4 is 5.73 Å². The standard InChI is InChI=1S/C15H22BNO4/c1-14(2)15(3,4)21-16(20-14)11(9-18)7-10-5-6-12(17)13(19)8-10/h5-8,18-19H,9,17H2,1-4H3. The predicted octanol–water partition coefficient (Wildman–Crippen LogP) is 1.98. The summed E-state index contributed by atoms with van der Waals surface area (Å²) in [5, 5.41) is 19.2. The highest BCUT2D eigenvalue weighted by Crippen LogP contribution is 2.38. The van der Waals surface area contributed by atoms with Gasteiger partial charge in [0.2, 0.25) is 0 Å². The number of anilines is 1. The highest BCUT2D eigenvalue weighted by Gasteiger charge is 2.52. The maximum absolute atomic E-state index is 9.64. The fourth-order valence-electron chi connectivity index (χ4n) is 2.05. The van der Waals surface area contributed by atoms with Crippen LogP contribution in [-0.4, -0.2) is 35.1 Å². The van der Waals surface area contributed by atoms with E-state index in [1.807, 2.05) is 27.7 Å². The molecule has 0 unspecified atom stereocenters. The molecule has 21 heavy (non-hydrogen) atoms. The molecule has 0 bridgehead atoms. The molecular formula is C15H22BNO4. The predicted molar refractivity (Wildman–Crippen MR) is 83.7 cm³/mol. The number of aliphatic hydroxyl groups excluding tert-OH is 1. The minimum Gasteiger partial charge on any atom is -0.506 e. The quantitative estimate of drug-likeness (QED) is 0.450. The number of hydrogen-bond donors (Lipinski definition) is 3. The van der Waals surface area contributed by atoms with Gasteiger partial charge in [-0.05, 0) is 50.9 Å². The van der Waals surface area contributed by atoms with E-state index in [2.05, 4.69) is 0 Å². The molecule has 1 aromatic carbocycles. The molecule has 1 heterocycles. The number of nitrogen functional groups attached to an aromatic ring is 1. The van der Waals surface area contributed by atoms with Gasteiger partial charge in [0.25, 0.3) is 0 Å². The largest absolute Gasteiger partial charge is 0.506 e. The number of phenolic OH excluding ortho intramolecular Hbond substituents is 1. The summed E-state index contributed by atoms with van der Waals surface area (Å²) >= 11 is 0. The van der Waals surface area contributed by atoms with Crippen LogP contribution >= 0.6 is 0 Å². The van der Waals surface area contributed by atoms with E-state index in [-0.39, 0.29) is 12.4 Å². The van der Waals surface area contributed by atoms with E-state index >= 15 is 0 Å². The Labute approximate surface area is 125 Å². The van der Waals surface area contributed by atoms with E-state index in [0.717, 1.165) is 5.56 Å². The number of aromatic hydroxyl groups is 1. The first-order valence-electron chi connectivity index (χ1n) is 6.92. The number of aliphatic hydroxyl groups is 1. The van der Waals surface area contributed by atoms with Gasteiger partial charge in [-0.1, -0.05) is 12.1 Å². The van der Waals surface area contributed by atoms with Gasteiger partial charge >= 0.3 is 7.12 Å². The van der Waals surface area contributed by atoms with Crippen LogP contribution in [0.5, 0.6) is 5.75 Å². The zero-order chi connectivity index (χ0) is 15.8. The lowest BCUT2D eigenvalue weighted by Crippen LogP contribution is -2.41. The van der Waals surface area contributed by atoms with Crippen molar-refractivity contribution in [2.75, 3.05) is 12.3 Å². The Bertz CT molecular complexity index is 553. The first kappa shape index (κ1) is 15.9. The zero-order valence-corrected chi connectivity index (χ0v) is 12.9.